The number of hydrogen-bond donors (Lipinski definition) is 0. The van der Waals surface area contributed by atoms with Gasteiger partial charge in [0, 0.05) is 19.3 Å². The molecular formula is C18H20N2O5S. The maximum absolute atomic E-state index is 12.9. The average molecular weight is 376 g/mol. The number of benzene rings is 1. The molecule has 1 saturated heterocycles. The first-order valence-electron chi connectivity index (χ1n) is 8.24. The van der Waals surface area contributed by atoms with Crippen molar-refractivity contribution in [1.29, 1.82) is 0 Å². The second kappa shape index (κ2) is 7.94. The van der Waals surface area contributed by atoms with Crippen molar-refractivity contribution in [2.24, 2.45) is 0 Å². The van der Waals surface area contributed by atoms with E-state index in [-0.39, 0.29) is 17.1 Å². The molecule has 1 fully saturated rings. The zero-order valence-corrected chi connectivity index (χ0v) is 15.2. The van der Waals surface area contributed by atoms with Gasteiger partial charge in [-0.2, -0.15) is 4.31 Å². The van der Waals surface area contributed by atoms with E-state index >= 15 is 0 Å². The molecule has 0 N–H and O–H groups in total. The van der Waals surface area contributed by atoms with Crippen LogP contribution in [0.2, 0.25) is 0 Å². The van der Waals surface area contributed by atoms with Gasteiger partial charge < -0.3 is 9.47 Å². The average Bonchev–Trinajstić information content (AvgIpc) is 2.68. The number of ether oxygens (including phenoxy) is 2. The van der Waals surface area contributed by atoms with E-state index in [4.69, 9.17) is 9.47 Å². The number of nitrogens with zero attached hydrogens (tertiary/aromatic N) is 2. The molecule has 0 aliphatic carbocycles. The minimum absolute atomic E-state index is 0.0269. The Balaban J connectivity index is 1.79. The molecule has 0 unspecified atom stereocenters. The molecule has 0 spiro atoms. The van der Waals surface area contributed by atoms with Crippen molar-refractivity contribution in [2.45, 2.75) is 18.4 Å². The fourth-order valence-electron chi connectivity index (χ4n) is 2.64. The Labute approximate surface area is 152 Å². The highest BCUT2D eigenvalue weighted by Gasteiger charge is 2.28. The predicted octanol–water partition coefficient (Wildman–Crippen LogP) is 1.77. The smallest absolute Gasteiger partial charge is 0.338 e. The van der Waals surface area contributed by atoms with Crippen molar-refractivity contribution < 1.29 is 22.7 Å². The van der Waals surface area contributed by atoms with E-state index in [9.17, 15) is 13.2 Å². The number of carbonyl (C=O) groups is 1. The first-order chi connectivity index (χ1) is 12.5. The summed E-state index contributed by atoms with van der Waals surface area (Å²) >= 11 is 0. The first kappa shape index (κ1) is 18.5. The number of morpholine rings is 1. The highest BCUT2D eigenvalue weighted by molar-refractivity contribution is 7.89. The highest BCUT2D eigenvalue weighted by Crippen LogP contribution is 2.23. The van der Waals surface area contributed by atoms with Gasteiger partial charge in [-0.3, -0.25) is 4.98 Å². The number of sulfonamides is 1. The lowest BCUT2D eigenvalue weighted by atomic mass is 10.1. The SMILES string of the molecule is Cc1ccc(C(=O)OCc2ccccn2)cc1S(=O)(=O)N1CCOCC1. The van der Waals surface area contributed by atoms with E-state index in [2.05, 4.69) is 4.98 Å². The van der Waals surface area contributed by atoms with Crippen LogP contribution in [0.4, 0.5) is 0 Å². The standard InChI is InChI=1S/C18H20N2O5S/c1-14-5-6-15(18(21)25-13-16-4-2-3-7-19-16)12-17(14)26(22,23)20-8-10-24-11-9-20/h2-7,12H,8-11,13H2,1H3. The largest absolute Gasteiger partial charge is 0.456 e. The zero-order valence-electron chi connectivity index (χ0n) is 14.4. The number of aryl methyl sites for hydroxylation is 1. The highest BCUT2D eigenvalue weighted by atomic mass is 32.2. The Hall–Kier alpha value is -2.29. The molecular weight excluding hydrogens is 356 g/mol. The van der Waals surface area contributed by atoms with Crippen molar-refractivity contribution in [3.63, 3.8) is 0 Å². The Kier molecular flexibility index (Phi) is 5.65. The summed E-state index contributed by atoms with van der Waals surface area (Å²) in [5.74, 6) is -0.589. The molecule has 7 nitrogen and oxygen atoms in total. The van der Waals surface area contributed by atoms with Crippen LogP contribution >= 0.6 is 0 Å². The summed E-state index contributed by atoms with van der Waals surface area (Å²) in [6, 6.07) is 9.87. The Morgan fingerprint density at radius 2 is 2.00 bits per heavy atom. The van der Waals surface area contributed by atoms with Crippen LogP contribution in [0.1, 0.15) is 21.6 Å². The molecule has 1 aliphatic heterocycles. The van der Waals surface area contributed by atoms with E-state index in [1.165, 1.54) is 10.4 Å². The summed E-state index contributed by atoms with van der Waals surface area (Å²) < 4.78 is 37.6. The number of hydrogen-bond acceptors (Lipinski definition) is 6. The van der Waals surface area contributed by atoms with Crippen molar-refractivity contribution in [1.82, 2.24) is 9.29 Å². The number of aromatic nitrogens is 1. The Morgan fingerprint density at radius 3 is 2.69 bits per heavy atom. The van der Waals surface area contributed by atoms with Gasteiger partial charge in [-0.15, -0.1) is 0 Å². The van der Waals surface area contributed by atoms with Crippen LogP contribution in [0.5, 0.6) is 0 Å². The van der Waals surface area contributed by atoms with Crippen molar-refractivity contribution in [2.75, 3.05) is 26.3 Å². The summed E-state index contributed by atoms with van der Waals surface area (Å²) in [4.78, 5) is 16.5. The van der Waals surface area contributed by atoms with Gasteiger partial charge in [-0.05, 0) is 36.8 Å². The Morgan fingerprint density at radius 1 is 1.23 bits per heavy atom. The molecule has 2 aromatic rings. The quantitative estimate of drug-likeness (QED) is 0.740. The topological polar surface area (TPSA) is 85.8 Å². The monoisotopic (exact) mass is 376 g/mol. The summed E-state index contributed by atoms with van der Waals surface area (Å²) in [5.41, 5.74) is 1.39. The fourth-order valence-corrected chi connectivity index (χ4v) is 4.30. The minimum Gasteiger partial charge on any atom is -0.456 e. The van der Waals surface area contributed by atoms with Crippen LogP contribution in [0, 0.1) is 6.92 Å². The molecule has 0 amide bonds. The maximum atomic E-state index is 12.9. The summed E-state index contributed by atoms with van der Waals surface area (Å²) in [6.45, 7) is 3.07. The number of rotatable bonds is 5. The summed E-state index contributed by atoms with van der Waals surface area (Å²) in [5, 5.41) is 0. The second-order valence-electron chi connectivity index (χ2n) is 5.89. The first-order valence-corrected chi connectivity index (χ1v) is 9.68. The van der Waals surface area contributed by atoms with Crippen molar-refractivity contribution in [3.8, 4) is 0 Å². The van der Waals surface area contributed by atoms with E-state index in [1.54, 1.807) is 43.5 Å². The van der Waals surface area contributed by atoms with Gasteiger partial charge >= 0.3 is 5.97 Å². The van der Waals surface area contributed by atoms with E-state index in [0.29, 0.717) is 37.6 Å². The number of carbonyl (C=O) groups excluding carboxylic acids is 1. The number of pyridine rings is 1. The van der Waals surface area contributed by atoms with Crippen LogP contribution in [0.15, 0.2) is 47.5 Å². The van der Waals surface area contributed by atoms with Gasteiger partial charge in [0.15, 0.2) is 0 Å². The van der Waals surface area contributed by atoms with Crippen molar-refractivity contribution >= 4 is 16.0 Å². The lowest BCUT2D eigenvalue weighted by molar-refractivity contribution is 0.0467. The molecule has 1 aliphatic rings. The molecule has 2 heterocycles. The van der Waals surface area contributed by atoms with Gasteiger partial charge in [0.25, 0.3) is 0 Å². The van der Waals surface area contributed by atoms with E-state index in [0.717, 1.165) is 0 Å². The zero-order chi connectivity index (χ0) is 18.6. The van der Waals surface area contributed by atoms with Crippen LogP contribution in [-0.2, 0) is 26.1 Å². The minimum atomic E-state index is -3.68. The van der Waals surface area contributed by atoms with Crippen LogP contribution in [0.25, 0.3) is 0 Å². The molecule has 0 bridgehead atoms. The number of esters is 1. The molecule has 138 valence electrons. The van der Waals surface area contributed by atoms with Crippen LogP contribution in [0.3, 0.4) is 0 Å². The molecule has 0 radical (unpaired) electrons. The van der Waals surface area contributed by atoms with Gasteiger partial charge in [-0.25, -0.2) is 13.2 Å². The summed E-state index contributed by atoms with van der Waals surface area (Å²) in [7, 11) is -3.68. The van der Waals surface area contributed by atoms with Crippen molar-refractivity contribution in [3.05, 3.63) is 59.4 Å². The predicted molar refractivity (Wildman–Crippen MR) is 94.1 cm³/mol. The normalized spacial score (nSPS) is 15.6. The molecule has 0 saturated carbocycles. The van der Waals surface area contributed by atoms with Gasteiger partial charge in [0.05, 0.1) is 29.4 Å². The summed E-state index contributed by atoms with van der Waals surface area (Å²) in [6.07, 6.45) is 1.61. The molecule has 26 heavy (non-hydrogen) atoms. The molecule has 8 heteroatoms. The molecule has 0 atom stereocenters. The lowest BCUT2D eigenvalue weighted by Crippen LogP contribution is -2.40. The maximum Gasteiger partial charge on any atom is 0.338 e. The third-order valence-electron chi connectivity index (χ3n) is 4.09. The molecule has 3 rings (SSSR count). The third-order valence-corrected chi connectivity index (χ3v) is 6.13. The van der Waals surface area contributed by atoms with Gasteiger partial charge in [-0.1, -0.05) is 12.1 Å². The van der Waals surface area contributed by atoms with Gasteiger partial charge in [0.2, 0.25) is 10.0 Å². The molecule has 1 aromatic carbocycles. The van der Waals surface area contributed by atoms with Crippen LogP contribution < -0.4 is 0 Å². The van der Waals surface area contributed by atoms with E-state index in [1.807, 2.05) is 0 Å². The Bertz CT molecular complexity index is 878. The van der Waals surface area contributed by atoms with E-state index < -0.39 is 16.0 Å². The lowest BCUT2D eigenvalue weighted by Gasteiger charge is -2.26. The van der Waals surface area contributed by atoms with Crippen LogP contribution in [-0.4, -0.2) is 50.0 Å². The molecule has 1 aromatic heterocycles. The van der Waals surface area contributed by atoms with Gasteiger partial charge in [0.1, 0.15) is 6.61 Å². The fraction of sp³-hybridized carbons (Fsp3) is 0.333. The second-order valence-corrected chi connectivity index (χ2v) is 7.80. The third kappa shape index (κ3) is 4.09.